The van der Waals surface area contributed by atoms with Gasteiger partial charge in [-0.15, -0.1) is 0 Å². The first-order valence-corrected chi connectivity index (χ1v) is 4.69. The number of hydrogen-bond acceptors (Lipinski definition) is 2. The quantitative estimate of drug-likeness (QED) is 0.612. The van der Waals surface area contributed by atoms with E-state index < -0.39 is 0 Å². The summed E-state index contributed by atoms with van der Waals surface area (Å²) in [5, 5.41) is 1.86. The maximum Gasteiger partial charge on any atom is 0.0549 e. The van der Waals surface area contributed by atoms with Gasteiger partial charge in [-0.3, -0.25) is 0 Å². The van der Waals surface area contributed by atoms with E-state index in [-0.39, 0.29) is 0 Å². The van der Waals surface area contributed by atoms with Crippen LogP contribution in [0.2, 0.25) is 0 Å². The van der Waals surface area contributed by atoms with E-state index in [0.29, 0.717) is 5.41 Å². The van der Waals surface area contributed by atoms with E-state index in [1.54, 1.807) is 0 Å². The zero-order valence-electron chi connectivity index (χ0n) is 8.25. The third-order valence-electron chi connectivity index (χ3n) is 2.57. The molecule has 1 aliphatic rings. The molecule has 0 spiro atoms. The average Bonchev–Trinajstić information content (AvgIpc) is 2.02. The summed E-state index contributed by atoms with van der Waals surface area (Å²) >= 11 is 0. The lowest BCUT2D eigenvalue weighted by atomic mass is 9.82. The fraction of sp³-hybridized carbons (Fsp3) is 0.455. The fourth-order valence-corrected chi connectivity index (χ4v) is 2.06. The molecule has 1 aromatic carbocycles. The van der Waals surface area contributed by atoms with Crippen molar-refractivity contribution in [2.75, 3.05) is 11.6 Å². The second-order valence-electron chi connectivity index (χ2n) is 4.60. The van der Waals surface area contributed by atoms with Crippen LogP contribution in [0.15, 0.2) is 24.3 Å². The van der Waals surface area contributed by atoms with E-state index >= 15 is 0 Å². The Hall–Kier alpha value is -1.02. The Morgan fingerprint density at radius 2 is 2.00 bits per heavy atom. The second kappa shape index (κ2) is 2.74. The third-order valence-corrected chi connectivity index (χ3v) is 2.57. The van der Waals surface area contributed by atoms with Gasteiger partial charge in [0, 0.05) is 6.54 Å². The molecule has 0 bridgehead atoms. The molecule has 2 heteroatoms. The highest BCUT2D eigenvalue weighted by Crippen LogP contribution is 2.33. The molecule has 0 fully saturated rings. The van der Waals surface area contributed by atoms with E-state index in [1.165, 1.54) is 11.3 Å². The van der Waals surface area contributed by atoms with Crippen molar-refractivity contribution in [2.45, 2.75) is 20.3 Å². The molecule has 70 valence electrons. The topological polar surface area (TPSA) is 29.3 Å². The Labute approximate surface area is 79.3 Å². The number of hydrazine groups is 1. The zero-order chi connectivity index (χ0) is 9.47. The molecular weight excluding hydrogens is 160 g/mol. The summed E-state index contributed by atoms with van der Waals surface area (Å²) in [5.41, 5.74) is 2.84. The smallest absolute Gasteiger partial charge is 0.0549 e. The lowest BCUT2D eigenvalue weighted by Gasteiger charge is -2.37. The van der Waals surface area contributed by atoms with Gasteiger partial charge in [0.2, 0.25) is 0 Å². The molecule has 2 N–H and O–H groups in total. The molecule has 1 aromatic rings. The molecule has 0 unspecified atom stereocenters. The number of nitrogens with two attached hydrogens (primary N) is 1. The SMILES string of the molecule is CC1(C)Cc2ccccc2N(N)C1. The van der Waals surface area contributed by atoms with Gasteiger partial charge in [0.15, 0.2) is 0 Å². The van der Waals surface area contributed by atoms with Crippen molar-refractivity contribution in [3.63, 3.8) is 0 Å². The minimum Gasteiger partial charge on any atom is -0.310 e. The Balaban J connectivity index is 2.43. The largest absolute Gasteiger partial charge is 0.310 e. The van der Waals surface area contributed by atoms with Gasteiger partial charge < -0.3 is 5.01 Å². The van der Waals surface area contributed by atoms with Gasteiger partial charge in [-0.1, -0.05) is 32.0 Å². The van der Waals surface area contributed by atoms with Gasteiger partial charge in [-0.2, -0.15) is 0 Å². The van der Waals surface area contributed by atoms with Crippen molar-refractivity contribution in [2.24, 2.45) is 11.3 Å². The molecule has 2 rings (SSSR count). The van der Waals surface area contributed by atoms with Gasteiger partial charge in [-0.25, -0.2) is 5.84 Å². The highest BCUT2D eigenvalue weighted by atomic mass is 15.4. The summed E-state index contributed by atoms with van der Waals surface area (Å²) in [4.78, 5) is 0. The van der Waals surface area contributed by atoms with Crippen molar-refractivity contribution in [3.8, 4) is 0 Å². The molecule has 13 heavy (non-hydrogen) atoms. The molecule has 1 aliphatic heterocycles. The van der Waals surface area contributed by atoms with Gasteiger partial charge in [0.05, 0.1) is 5.69 Å². The van der Waals surface area contributed by atoms with Crippen molar-refractivity contribution < 1.29 is 0 Å². The lowest BCUT2D eigenvalue weighted by molar-refractivity contribution is 0.350. The number of hydrogen-bond donors (Lipinski definition) is 1. The molecule has 0 amide bonds. The summed E-state index contributed by atoms with van der Waals surface area (Å²) in [6, 6.07) is 8.37. The fourth-order valence-electron chi connectivity index (χ4n) is 2.06. The monoisotopic (exact) mass is 176 g/mol. The molecule has 0 aromatic heterocycles. The van der Waals surface area contributed by atoms with Crippen molar-refractivity contribution >= 4 is 5.69 Å². The predicted molar refractivity (Wildman–Crippen MR) is 55.5 cm³/mol. The minimum atomic E-state index is 0.295. The van der Waals surface area contributed by atoms with Crippen LogP contribution in [0.3, 0.4) is 0 Å². The molecule has 1 heterocycles. The van der Waals surface area contributed by atoms with Crippen LogP contribution in [-0.4, -0.2) is 6.54 Å². The molecule has 0 saturated heterocycles. The van der Waals surface area contributed by atoms with Crippen molar-refractivity contribution in [1.29, 1.82) is 0 Å². The number of rotatable bonds is 0. The minimum absolute atomic E-state index is 0.295. The maximum absolute atomic E-state index is 5.96. The van der Waals surface area contributed by atoms with Gasteiger partial charge >= 0.3 is 0 Å². The van der Waals surface area contributed by atoms with Crippen LogP contribution in [0.1, 0.15) is 19.4 Å². The van der Waals surface area contributed by atoms with Crippen LogP contribution in [0, 0.1) is 5.41 Å². The summed E-state index contributed by atoms with van der Waals surface area (Å²) in [5.74, 6) is 5.96. The van der Waals surface area contributed by atoms with E-state index in [4.69, 9.17) is 5.84 Å². The first-order valence-electron chi connectivity index (χ1n) is 4.69. The van der Waals surface area contributed by atoms with E-state index in [9.17, 15) is 0 Å². The van der Waals surface area contributed by atoms with Crippen LogP contribution in [0.25, 0.3) is 0 Å². The second-order valence-corrected chi connectivity index (χ2v) is 4.60. The number of fused-ring (bicyclic) bond motifs is 1. The van der Waals surface area contributed by atoms with Crippen LogP contribution in [0.5, 0.6) is 0 Å². The maximum atomic E-state index is 5.96. The van der Waals surface area contributed by atoms with Gasteiger partial charge in [0.25, 0.3) is 0 Å². The number of nitrogens with zero attached hydrogens (tertiary/aromatic N) is 1. The predicted octanol–water partition coefficient (Wildman–Crippen LogP) is 1.95. The molecule has 2 nitrogen and oxygen atoms in total. The number of benzene rings is 1. The first-order chi connectivity index (χ1) is 6.08. The highest BCUT2D eigenvalue weighted by molar-refractivity contribution is 5.54. The van der Waals surface area contributed by atoms with E-state index in [1.807, 2.05) is 11.1 Å². The Bertz CT molecular complexity index is 318. The zero-order valence-corrected chi connectivity index (χ0v) is 8.25. The standard InChI is InChI=1S/C11H16N2/c1-11(2)7-9-5-3-4-6-10(9)13(12)8-11/h3-6H,7-8,12H2,1-2H3. The van der Waals surface area contributed by atoms with Crippen molar-refractivity contribution in [1.82, 2.24) is 0 Å². The van der Waals surface area contributed by atoms with E-state index in [2.05, 4.69) is 32.0 Å². The Morgan fingerprint density at radius 1 is 1.31 bits per heavy atom. The van der Waals surface area contributed by atoms with Crippen molar-refractivity contribution in [3.05, 3.63) is 29.8 Å². The summed E-state index contributed by atoms with van der Waals surface area (Å²) in [6.07, 6.45) is 1.12. The normalized spacial score (nSPS) is 19.8. The summed E-state index contributed by atoms with van der Waals surface area (Å²) < 4.78 is 0. The van der Waals surface area contributed by atoms with Crippen LogP contribution >= 0.6 is 0 Å². The van der Waals surface area contributed by atoms with Gasteiger partial charge in [-0.05, 0) is 23.5 Å². The molecule has 0 atom stereocenters. The average molecular weight is 176 g/mol. The Kier molecular flexibility index (Phi) is 1.81. The van der Waals surface area contributed by atoms with Crippen LogP contribution in [0.4, 0.5) is 5.69 Å². The molecule has 0 saturated carbocycles. The highest BCUT2D eigenvalue weighted by Gasteiger charge is 2.28. The molecule has 0 aliphatic carbocycles. The van der Waals surface area contributed by atoms with E-state index in [0.717, 1.165) is 13.0 Å². The van der Waals surface area contributed by atoms with Crippen LogP contribution in [-0.2, 0) is 6.42 Å². The molecule has 0 radical (unpaired) electrons. The number of anilines is 1. The lowest BCUT2D eigenvalue weighted by Crippen LogP contribution is -2.44. The first kappa shape index (κ1) is 8.57. The van der Waals surface area contributed by atoms with Crippen LogP contribution < -0.4 is 10.9 Å². The third kappa shape index (κ3) is 1.54. The summed E-state index contributed by atoms with van der Waals surface area (Å²) in [7, 11) is 0. The molecular formula is C11H16N2. The number of para-hydroxylation sites is 1. The summed E-state index contributed by atoms with van der Waals surface area (Å²) in [6.45, 7) is 5.44. The Morgan fingerprint density at radius 3 is 2.77 bits per heavy atom. The van der Waals surface area contributed by atoms with Gasteiger partial charge in [0.1, 0.15) is 0 Å².